The molecular formula is C13H22N4. The Bertz CT molecular complexity index is 423. The zero-order chi connectivity index (χ0) is 12.8. The highest BCUT2D eigenvalue weighted by molar-refractivity contribution is 5.25. The molecule has 0 spiro atoms. The molecule has 4 nitrogen and oxygen atoms in total. The van der Waals surface area contributed by atoms with E-state index < -0.39 is 0 Å². The van der Waals surface area contributed by atoms with E-state index in [0.29, 0.717) is 0 Å². The Labute approximate surface area is 104 Å². The van der Waals surface area contributed by atoms with Crippen LogP contribution in [-0.4, -0.2) is 15.8 Å². The summed E-state index contributed by atoms with van der Waals surface area (Å²) in [4.78, 5) is 0. The molecule has 1 atom stereocenters. The Hall–Kier alpha value is -1.31. The smallest absolute Gasteiger partial charge is 0.0628 e. The number of hydrogen-bond acceptors (Lipinski definition) is 3. The molecule has 0 aliphatic heterocycles. The molecule has 1 aromatic rings. The van der Waals surface area contributed by atoms with Crippen LogP contribution in [0.25, 0.3) is 0 Å². The lowest BCUT2D eigenvalue weighted by atomic mass is 10.0. The van der Waals surface area contributed by atoms with Crippen molar-refractivity contribution < 1.29 is 0 Å². The first-order valence-electron chi connectivity index (χ1n) is 5.95. The summed E-state index contributed by atoms with van der Waals surface area (Å²) < 4.78 is 1.92. The first-order valence-corrected chi connectivity index (χ1v) is 5.95. The fraction of sp³-hybridized carbons (Fsp3) is 0.615. The van der Waals surface area contributed by atoms with Crippen molar-refractivity contribution in [3.05, 3.63) is 17.0 Å². The van der Waals surface area contributed by atoms with Gasteiger partial charge in [0.25, 0.3) is 0 Å². The second-order valence-corrected chi connectivity index (χ2v) is 4.31. The molecule has 0 aliphatic carbocycles. The van der Waals surface area contributed by atoms with Gasteiger partial charge in [0.05, 0.1) is 5.69 Å². The summed E-state index contributed by atoms with van der Waals surface area (Å²) in [5.74, 6) is 11.6. The summed E-state index contributed by atoms with van der Waals surface area (Å²) >= 11 is 0. The quantitative estimate of drug-likeness (QED) is 0.457. The number of aryl methyl sites for hydroxylation is 2. The largest absolute Gasteiger partial charge is 0.272 e. The minimum absolute atomic E-state index is 0.262. The molecule has 0 aromatic carbocycles. The standard InChI is InChI=1S/C13H22N4/c1-5-6-7-8-12(15-14)9-13-10(2)16-17(4)11(13)3/h12,15H,7-9,14H2,1-4H3. The Balaban J connectivity index is 2.69. The van der Waals surface area contributed by atoms with Gasteiger partial charge in [-0.1, -0.05) is 0 Å². The second-order valence-electron chi connectivity index (χ2n) is 4.31. The van der Waals surface area contributed by atoms with Crippen molar-refractivity contribution in [1.82, 2.24) is 15.2 Å². The fourth-order valence-electron chi connectivity index (χ4n) is 1.98. The zero-order valence-electron chi connectivity index (χ0n) is 11.2. The van der Waals surface area contributed by atoms with Crippen molar-refractivity contribution in [2.24, 2.45) is 12.9 Å². The van der Waals surface area contributed by atoms with Crippen LogP contribution >= 0.6 is 0 Å². The van der Waals surface area contributed by atoms with Gasteiger partial charge in [0.2, 0.25) is 0 Å². The number of nitrogens with two attached hydrogens (primary N) is 1. The Morgan fingerprint density at radius 1 is 1.47 bits per heavy atom. The summed E-state index contributed by atoms with van der Waals surface area (Å²) in [5.41, 5.74) is 6.46. The average Bonchev–Trinajstić information content (AvgIpc) is 2.54. The number of hydrogen-bond donors (Lipinski definition) is 2. The molecule has 0 saturated carbocycles. The van der Waals surface area contributed by atoms with Gasteiger partial charge in [0, 0.05) is 25.2 Å². The lowest BCUT2D eigenvalue weighted by Crippen LogP contribution is -2.36. The molecule has 1 rings (SSSR count). The van der Waals surface area contributed by atoms with Gasteiger partial charge in [-0.2, -0.15) is 5.10 Å². The Kier molecular flexibility index (Phi) is 5.20. The van der Waals surface area contributed by atoms with Gasteiger partial charge in [0.15, 0.2) is 0 Å². The molecule has 3 N–H and O–H groups in total. The molecule has 0 radical (unpaired) electrons. The number of aromatic nitrogens is 2. The van der Waals surface area contributed by atoms with E-state index in [1.54, 1.807) is 0 Å². The number of rotatable bonds is 5. The number of nitrogens with zero attached hydrogens (tertiary/aromatic N) is 2. The molecule has 0 amide bonds. The second kappa shape index (κ2) is 6.43. The van der Waals surface area contributed by atoms with E-state index in [2.05, 4.69) is 29.3 Å². The molecule has 1 heterocycles. The topological polar surface area (TPSA) is 55.9 Å². The molecule has 4 heteroatoms. The molecule has 1 unspecified atom stereocenters. The number of hydrazine groups is 1. The van der Waals surface area contributed by atoms with Crippen LogP contribution in [0.3, 0.4) is 0 Å². The van der Waals surface area contributed by atoms with Crippen molar-refractivity contribution in [2.75, 3.05) is 0 Å². The first-order chi connectivity index (χ1) is 8.10. The average molecular weight is 234 g/mol. The molecule has 0 bridgehead atoms. The van der Waals surface area contributed by atoms with Crippen molar-refractivity contribution in [2.45, 2.75) is 46.1 Å². The highest BCUT2D eigenvalue weighted by Gasteiger charge is 2.14. The maximum atomic E-state index is 5.58. The number of nitrogens with one attached hydrogen (secondary N) is 1. The summed E-state index contributed by atoms with van der Waals surface area (Å²) in [5, 5.41) is 4.41. The van der Waals surface area contributed by atoms with E-state index in [-0.39, 0.29) is 6.04 Å². The Morgan fingerprint density at radius 3 is 2.65 bits per heavy atom. The SMILES string of the molecule is CC#CCCC(Cc1c(C)nn(C)c1C)NN. The van der Waals surface area contributed by atoms with E-state index in [0.717, 1.165) is 25.0 Å². The predicted molar refractivity (Wildman–Crippen MR) is 70.2 cm³/mol. The first kappa shape index (κ1) is 13.8. The molecule has 17 heavy (non-hydrogen) atoms. The van der Waals surface area contributed by atoms with Crippen LogP contribution in [0.15, 0.2) is 0 Å². The van der Waals surface area contributed by atoms with Crippen molar-refractivity contribution in [3.63, 3.8) is 0 Å². The highest BCUT2D eigenvalue weighted by atomic mass is 15.3. The summed E-state index contributed by atoms with van der Waals surface area (Å²) in [6.07, 6.45) is 2.75. The van der Waals surface area contributed by atoms with E-state index in [1.165, 1.54) is 11.3 Å². The maximum Gasteiger partial charge on any atom is 0.0628 e. The zero-order valence-corrected chi connectivity index (χ0v) is 11.2. The van der Waals surface area contributed by atoms with Gasteiger partial charge in [-0.25, -0.2) is 0 Å². The predicted octanol–water partition coefficient (Wildman–Crippen LogP) is 1.21. The maximum absolute atomic E-state index is 5.58. The molecule has 0 fully saturated rings. The van der Waals surface area contributed by atoms with Crippen LogP contribution in [0.2, 0.25) is 0 Å². The minimum atomic E-state index is 0.262. The van der Waals surface area contributed by atoms with Gasteiger partial charge < -0.3 is 0 Å². The summed E-state index contributed by atoms with van der Waals surface area (Å²) in [7, 11) is 1.97. The summed E-state index contributed by atoms with van der Waals surface area (Å²) in [6.45, 7) is 6.00. The van der Waals surface area contributed by atoms with E-state index >= 15 is 0 Å². The molecule has 1 aromatic heterocycles. The molecule has 94 valence electrons. The molecule has 0 saturated heterocycles. The third-order valence-corrected chi connectivity index (χ3v) is 3.14. The van der Waals surface area contributed by atoms with E-state index in [9.17, 15) is 0 Å². The van der Waals surface area contributed by atoms with Crippen LogP contribution in [0, 0.1) is 25.7 Å². The van der Waals surface area contributed by atoms with Crippen molar-refractivity contribution in [3.8, 4) is 11.8 Å². The monoisotopic (exact) mass is 234 g/mol. The van der Waals surface area contributed by atoms with E-state index in [1.807, 2.05) is 25.6 Å². The van der Waals surface area contributed by atoms with Gasteiger partial charge in [0.1, 0.15) is 0 Å². The third-order valence-electron chi connectivity index (χ3n) is 3.14. The lowest BCUT2D eigenvalue weighted by Gasteiger charge is -2.14. The van der Waals surface area contributed by atoms with Crippen LogP contribution in [-0.2, 0) is 13.5 Å². The summed E-state index contributed by atoms with van der Waals surface area (Å²) in [6, 6.07) is 0.262. The lowest BCUT2D eigenvalue weighted by molar-refractivity contribution is 0.496. The molecular weight excluding hydrogens is 212 g/mol. The van der Waals surface area contributed by atoms with Gasteiger partial charge in [-0.15, -0.1) is 11.8 Å². The van der Waals surface area contributed by atoms with Gasteiger partial charge in [-0.05, 0) is 39.2 Å². The van der Waals surface area contributed by atoms with Crippen LogP contribution in [0.5, 0.6) is 0 Å². The van der Waals surface area contributed by atoms with Crippen molar-refractivity contribution in [1.29, 1.82) is 0 Å². The molecule has 0 aliphatic rings. The van der Waals surface area contributed by atoms with Crippen LogP contribution < -0.4 is 11.3 Å². The highest BCUT2D eigenvalue weighted by Crippen LogP contribution is 2.15. The van der Waals surface area contributed by atoms with Crippen LogP contribution in [0.1, 0.15) is 36.7 Å². The Morgan fingerprint density at radius 2 is 2.18 bits per heavy atom. The van der Waals surface area contributed by atoms with Gasteiger partial charge in [-0.3, -0.25) is 16.0 Å². The van der Waals surface area contributed by atoms with Gasteiger partial charge >= 0.3 is 0 Å². The normalized spacial score (nSPS) is 12.1. The van der Waals surface area contributed by atoms with E-state index in [4.69, 9.17) is 5.84 Å². The van der Waals surface area contributed by atoms with Crippen molar-refractivity contribution >= 4 is 0 Å². The minimum Gasteiger partial charge on any atom is -0.272 e. The van der Waals surface area contributed by atoms with Crippen LogP contribution in [0.4, 0.5) is 0 Å². The fourth-order valence-corrected chi connectivity index (χ4v) is 1.98. The third kappa shape index (κ3) is 3.58.